The summed E-state index contributed by atoms with van der Waals surface area (Å²) in [5.41, 5.74) is 14.1. The van der Waals surface area contributed by atoms with Gasteiger partial charge in [0.25, 0.3) is 0 Å². The average molecular weight is 818 g/mol. The molecule has 0 bridgehead atoms. The molecule has 0 N–H and O–H groups in total. The molecule has 4 heteroatoms. The number of nitrogens with zero attached hydrogens (tertiary/aromatic N) is 3. The molecule has 4 nitrogen and oxygen atoms in total. The maximum Gasteiger partial charge on any atom is 0.164 e. The van der Waals surface area contributed by atoms with Gasteiger partial charge in [0, 0.05) is 32.9 Å². The topological polar surface area (TPSA) is 51.8 Å². The Kier molecular flexibility index (Phi) is 7.92. The Morgan fingerprint density at radius 2 is 0.891 bits per heavy atom. The second-order valence-electron chi connectivity index (χ2n) is 17.5. The van der Waals surface area contributed by atoms with Gasteiger partial charge < -0.3 is 4.42 Å². The van der Waals surface area contributed by atoms with Gasteiger partial charge in [-0.1, -0.05) is 184 Å². The Morgan fingerprint density at radius 3 is 1.67 bits per heavy atom. The van der Waals surface area contributed by atoms with E-state index >= 15 is 0 Å². The maximum atomic E-state index is 6.90. The molecule has 0 aliphatic heterocycles. The molecule has 0 saturated carbocycles. The first-order chi connectivity index (χ1) is 31.5. The summed E-state index contributed by atoms with van der Waals surface area (Å²) in [7, 11) is 0. The Bertz CT molecular complexity index is 3880. The molecule has 1 aliphatic carbocycles. The van der Waals surface area contributed by atoms with Gasteiger partial charge in [-0.05, 0) is 107 Å². The number of aromatic nitrogens is 3. The second kappa shape index (κ2) is 13.9. The molecule has 1 aliphatic rings. The smallest absolute Gasteiger partial charge is 0.164 e. The van der Waals surface area contributed by atoms with Crippen LogP contribution in [-0.2, 0) is 5.41 Å². The van der Waals surface area contributed by atoms with Gasteiger partial charge in [0.15, 0.2) is 17.5 Å². The standard InChI is InChI=1S/C60H39N3O/c1-60(2)52-23-13-12-21-47(52)48-28-27-41(33-53(48)60)58-61-57(40-25-24-36-14-6-7-17-38(36)32-40)62-59(63-58)51-35-55-56(49-22-11-10-20-46(49)51)50-29-26-39(34-54(50)64-55)43-31-30-42(37-15-4-3-5-16-37)44-18-8-9-19-45(43)44/h3-35H,1-2H3. The van der Waals surface area contributed by atoms with Crippen LogP contribution in [0, 0.1) is 0 Å². The normalized spacial score (nSPS) is 13.0. The van der Waals surface area contributed by atoms with E-state index in [2.05, 4.69) is 214 Å². The van der Waals surface area contributed by atoms with Gasteiger partial charge in [-0.2, -0.15) is 0 Å². The highest BCUT2D eigenvalue weighted by atomic mass is 16.3. The van der Waals surface area contributed by atoms with Crippen molar-refractivity contribution in [1.82, 2.24) is 15.0 Å². The molecule has 0 unspecified atom stereocenters. The molecule has 64 heavy (non-hydrogen) atoms. The predicted molar refractivity (Wildman–Crippen MR) is 264 cm³/mol. The quantitative estimate of drug-likeness (QED) is 0.174. The van der Waals surface area contributed by atoms with Crippen LogP contribution in [-0.4, -0.2) is 15.0 Å². The summed E-state index contributed by atoms with van der Waals surface area (Å²) in [5.74, 6) is 1.85. The Morgan fingerprint density at radius 1 is 0.328 bits per heavy atom. The summed E-state index contributed by atoms with van der Waals surface area (Å²) in [6.45, 7) is 4.62. The first-order valence-electron chi connectivity index (χ1n) is 21.9. The Hall–Kier alpha value is -8.21. The van der Waals surface area contributed by atoms with Crippen LogP contribution < -0.4 is 0 Å². The van der Waals surface area contributed by atoms with Gasteiger partial charge in [0.05, 0.1) is 0 Å². The van der Waals surface area contributed by atoms with E-state index < -0.39 is 0 Å². The lowest BCUT2D eigenvalue weighted by molar-refractivity contribution is 0.660. The van der Waals surface area contributed by atoms with Gasteiger partial charge in [0.1, 0.15) is 11.2 Å². The minimum Gasteiger partial charge on any atom is -0.456 e. The fourth-order valence-electron chi connectivity index (χ4n) is 10.3. The summed E-state index contributed by atoms with van der Waals surface area (Å²) in [6.07, 6.45) is 0. The molecule has 0 saturated heterocycles. The third-order valence-corrected chi connectivity index (χ3v) is 13.5. The minimum atomic E-state index is -0.167. The van der Waals surface area contributed by atoms with Crippen LogP contribution in [0.4, 0.5) is 0 Å². The molecule has 0 amide bonds. The SMILES string of the molecule is CC1(C)c2ccccc2-c2ccc(-c3nc(-c4ccc5ccccc5c4)nc(-c4cc5oc6cc(-c7ccc(-c8ccccc8)c8ccccc78)ccc6c5c5ccccc45)n3)cc21. The van der Waals surface area contributed by atoms with Crippen LogP contribution in [0.25, 0.3) is 122 Å². The summed E-state index contributed by atoms with van der Waals surface area (Å²) >= 11 is 0. The summed E-state index contributed by atoms with van der Waals surface area (Å²) < 4.78 is 6.90. The average Bonchev–Trinajstić information content (AvgIpc) is 3.84. The van der Waals surface area contributed by atoms with Crippen molar-refractivity contribution in [3.63, 3.8) is 0 Å². The van der Waals surface area contributed by atoms with Gasteiger partial charge in [0.2, 0.25) is 0 Å². The van der Waals surface area contributed by atoms with Gasteiger partial charge >= 0.3 is 0 Å². The van der Waals surface area contributed by atoms with Crippen molar-refractivity contribution >= 4 is 54.3 Å². The van der Waals surface area contributed by atoms with E-state index in [0.29, 0.717) is 17.5 Å². The van der Waals surface area contributed by atoms with E-state index in [0.717, 1.165) is 60.4 Å². The molecule has 2 aromatic heterocycles. The van der Waals surface area contributed by atoms with Crippen LogP contribution >= 0.6 is 0 Å². The number of hydrogen-bond donors (Lipinski definition) is 0. The second-order valence-corrected chi connectivity index (χ2v) is 17.5. The van der Waals surface area contributed by atoms with E-state index in [1.165, 1.54) is 55.1 Å². The summed E-state index contributed by atoms with van der Waals surface area (Å²) in [6, 6.07) is 71.4. The van der Waals surface area contributed by atoms with E-state index in [9.17, 15) is 0 Å². The number of rotatable bonds is 5. The lowest BCUT2D eigenvalue weighted by Crippen LogP contribution is -2.15. The van der Waals surface area contributed by atoms with Crippen molar-refractivity contribution in [2.45, 2.75) is 19.3 Å². The molecule has 10 aromatic carbocycles. The molecule has 0 radical (unpaired) electrons. The van der Waals surface area contributed by atoms with Gasteiger partial charge in [-0.3, -0.25) is 0 Å². The van der Waals surface area contributed by atoms with Crippen molar-refractivity contribution in [3.8, 4) is 67.5 Å². The van der Waals surface area contributed by atoms with Crippen LogP contribution in [0.15, 0.2) is 205 Å². The van der Waals surface area contributed by atoms with Crippen molar-refractivity contribution in [2.24, 2.45) is 0 Å². The molecule has 300 valence electrons. The van der Waals surface area contributed by atoms with E-state index in [-0.39, 0.29) is 5.41 Å². The number of hydrogen-bond acceptors (Lipinski definition) is 4. The fraction of sp³-hybridized carbons (Fsp3) is 0.0500. The van der Waals surface area contributed by atoms with Crippen molar-refractivity contribution in [3.05, 3.63) is 211 Å². The fourth-order valence-corrected chi connectivity index (χ4v) is 10.3. The zero-order valence-electron chi connectivity index (χ0n) is 35.3. The molecule has 0 fully saturated rings. The van der Waals surface area contributed by atoms with Crippen molar-refractivity contribution in [1.29, 1.82) is 0 Å². The molecule has 0 atom stereocenters. The zero-order valence-corrected chi connectivity index (χ0v) is 35.3. The van der Waals surface area contributed by atoms with Crippen LogP contribution in [0.1, 0.15) is 25.0 Å². The summed E-state index contributed by atoms with van der Waals surface area (Å²) in [4.78, 5) is 15.9. The first kappa shape index (κ1) is 36.4. The molecule has 0 spiro atoms. The number of benzene rings is 10. The minimum absolute atomic E-state index is 0.167. The van der Waals surface area contributed by atoms with Gasteiger partial charge in [-0.25, -0.2) is 15.0 Å². The highest BCUT2D eigenvalue weighted by molar-refractivity contribution is 6.22. The molecule has 12 aromatic rings. The molecule has 13 rings (SSSR count). The van der Waals surface area contributed by atoms with Crippen LogP contribution in [0.3, 0.4) is 0 Å². The zero-order chi connectivity index (χ0) is 42.5. The monoisotopic (exact) mass is 817 g/mol. The van der Waals surface area contributed by atoms with Crippen LogP contribution in [0.5, 0.6) is 0 Å². The molecular weight excluding hydrogens is 779 g/mol. The summed E-state index contributed by atoms with van der Waals surface area (Å²) in [5, 5.41) is 9.02. The van der Waals surface area contributed by atoms with Gasteiger partial charge in [-0.15, -0.1) is 0 Å². The lowest BCUT2D eigenvalue weighted by atomic mass is 9.82. The Labute approximate surface area is 370 Å². The van der Waals surface area contributed by atoms with Crippen molar-refractivity contribution < 1.29 is 4.42 Å². The van der Waals surface area contributed by atoms with E-state index in [1.54, 1.807) is 0 Å². The predicted octanol–water partition coefficient (Wildman–Crippen LogP) is 15.9. The van der Waals surface area contributed by atoms with Crippen molar-refractivity contribution in [2.75, 3.05) is 0 Å². The highest BCUT2D eigenvalue weighted by Gasteiger charge is 2.35. The van der Waals surface area contributed by atoms with E-state index in [1.807, 2.05) is 0 Å². The third kappa shape index (κ3) is 5.59. The number of furan rings is 1. The largest absolute Gasteiger partial charge is 0.456 e. The Balaban J connectivity index is 0.996. The van der Waals surface area contributed by atoms with Crippen LogP contribution in [0.2, 0.25) is 0 Å². The highest BCUT2D eigenvalue weighted by Crippen LogP contribution is 2.50. The first-order valence-corrected chi connectivity index (χ1v) is 21.9. The van der Waals surface area contributed by atoms with E-state index in [4.69, 9.17) is 19.4 Å². The molecular formula is C60H39N3O. The lowest BCUT2D eigenvalue weighted by Gasteiger charge is -2.21. The third-order valence-electron chi connectivity index (χ3n) is 13.5. The molecule has 2 heterocycles. The number of fused-ring (bicyclic) bond motifs is 10. The maximum absolute atomic E-state index is 6.90.